The van der Waals surface area contributed by atoms with Crippen LogP contribution in [0.25, 0.3) is 10.8 Å². The smallest absolute Gasteiger partial charge is 0.308 e. The first-order chi connectivity index (χ1) is 10.6. The summed E-state index contributed by atoms with van der Waals surface area (Å²) in [4.78, 5) is 28.7. The van der Waals surface area contributed by atoms with Crippen molar-refractivity contribution < 1.29 is 19.1 Å². The van der Waals surface area contributed by atoms with E-state index in [0.717, 1.165) is 11.3 Å². The molecule has 0 aromatic carbocycles. The molecule has 0 radical (unpaired) electrons. The fourth-order valence-electron chi connectivity index (χ4n) is 2.78. The molecule has 2 heterocycles. The van der Waals surface area contributed by atoms with Gasteiger partial charge in [-0.25, -0.2) is 4.98 Å². The number of carboxylic acid groups (broad SMARTS) is 1. The Balaban J connectivity index is 1.77. The maximum absolute atomic E-state index is 12.4. The van der Waals surface area contributed by atoms with Gasteiger partial charge in [0.05, 0.1) is 12.2 Å². The maximum atomic E-state index is 12.4. The van der Waals surface area contributed by atoms with Crippen molar-refractivity contribution in [2.45, 2.75) is 32.2 Å². The van der Waals surface area contributed by atoms with Crippen LogP contribution in [0.1, 0.15) is 34.6 Å². The quantitative estimate of drug-likeness (QED) is 0.903. The van der Waals surface area contributed by atoms with Crippen LogP contribution in [0.4, 0.5) is 0 Å². The standard InChI is InChI=1S/C15H16N2O4S/c1-8-12(17-14(22-8)11-6-3-7-21-11)13(18)16-10-5-2-4-9(10)15(19)20/h3,6-7,9-10H,2,4-5H2,1H3,(H,16,18)(H,19,20)/t9-,10+/m0/s1. The lowest BCUT2D eigenvalue weighted by atomic mass is 10.0. The Bertz CT molecular complexity index is 692. The molecule has 2 aromatic rings. The molecule has 7 heteroatoms. The SMILES string of the molecule is Cc1sc(-c2ccco2)nc1C(=O)N[C@@H]1CCC[C@@H]1C(=O)O. The zero-order valence-electron chi connectivity index (χ0n) is 12.0. The van der Waals surface area contributed by atoms with Crippen LogP contribution in [-0.4, -0.2) is 28.0 Å². The fraction of sp³-hybridized carbons (Fsp3) is 0.400. The average molecular weight is 320 g/mol. The van der Waals surface area contributed by atoms with E-state index in [2.05, 4.69) is 10.3 Å². The Hall–Kier alpha value is -2.15. The Labute approximate surface area is 131 Å². The lowest BCUT2D eigenvalue weighted by molar-refractivity contribution is -0.142. The minimum Gasteiger partial charge on any atom is -0.481 e. The first-order valence-electron chi connectivity index (χ1n) is 7.11. The van der Waals surface area contributed by atoms with Gasteiger partial charge in [0.25, 0.3) is 5.91 Å². The molecule has 0 aliphatic heterocycles. The van der Waals surface area contributed by atoms with Crippen molar-refractivity contribution in [1.82, 2.24) is 10.3 Å². The highest BCUT2D eigenvalue weighted by Gasteiger charge is 2.34. The van der Waals surface area contributed by atoms with E-state index in [1.165, 1.54) is 11.3 Å². The molecule has 3 rings (SSSR count). The second-order valence-corrected chi connectivity index (χ2v) is 6.56. The molecule has 1 aliphatic carbocycles. The topological polar surface area (TPSA) is 92.4 Å². The van der Waals surface area contributed by atoms with Crippen molar-refractivity contribution in [3.8, 4) is 10.8 Å². The van der Waals surface area contributed by atoms with Crippen molar-refractivity contribution in [1.29, 1.82) is 0 Å². The largest absolute Gasteiger partial charge is 0.481 e. The molecule has 6 nitrogen and oxygen atoms in total. The van der Waals surface area contributed by atoms with Crippen LogP contribution in [0, 0.1) is 12.8 Å². The number of nitrogens with one attached hydrogen (secondary N) is 1. The summed E-state index contributed by atoms with van der Waals surface area (Å²) in [6.45, 7) is 1.82. The van der Waals surface area contributed by atoms with Gasteiger partial charge in [-0.15, -0.1) is 11.3 Å². The molecule has 1 amide bonds. The number of carboxylic acids is 1. The van der Waals surface area contributed by atoms with Crippen molar-refractivity contribution in [3.63, 3.8) is 0 Å². The van der Waals surface area contributed by atoms with Gasteiger partial charge in [-0.1, -0.05) is 6.42 Å². The zero-order chi connectivity index (χ0) is 15.7. The van der Waals surface area contributed by atoms with Crippen molar-refractivity contribution in [2.24, 2.45) is 5.92 Å². The number of nitrogens with zero attached hydrogens (tertiary/aromatic N) is 1. The van der Waals surface area contributed by atoms with E-state index in [1.54, 1.807) is 18.4 Å². The highest BCUT2D eigenvalue weighted by atomic mass is 32.1. The van der Waals surface area contributed by atoms with E-state index >= 15 is 0 Å². The Morgan fingerprint density at radius 2 is 2.27 bits per heavy atom. The molecule has 2 aromatic heterocycles. The second kappa shape index (κ2) is 5.92. The summed E-state index contributed by atoms with van der Waals surface area (Å²) in [5.74, 6) is -1.05. The summed E-state index contributed by atoms with van der Waals surface area (Å²) >= 11 is 1.38. The number of carbonyl (C=O) groups excluding carboxylic acids is 1. The van der Waals surface area contributed by atoms with Crippen LogP contribution < -0.4 is 5.32 Å². The summed E-state index contributed by atoms with van der Waals surface area (Å²) in [5.41, 5.74) is 0.340. The Morgan fingerprint density at radius 1 is 1.45 bits per heavy atom. The van der Waals surface area contributed by atoms with Crippen LogP contribution in [0.15, 0.2) is 22.8 Å². The predicted molar refractivity (Wildman–Crippen MR) is 80.8 cm³/mol. The average Bonchev–Trinajstić information content (AvgIpc) is 3.16. The minimum atomic E-state index is -0.853. The summed E-state index contributed by atoms with van der Waals surface area (Å²) in [6.07, 6.45) is 3.67. The number of aryl methyl sites for hydroxylation is 1. The van der Waals surface area contributed by atoms with Crippen LogP contribution in [-0.2, 0) is 4.79 Å². The van der Waals surface area contributed by atoms with Gasteiger partial charge in [0.2, 0.25) is 0 Å². The van der Waals surface area contributed by atoms with Gasteiger partial charge in [-0.05, 0) is 31.9 Å². The van der Waals surface area contributed by atoms with Crippen LogP contribution in [0.5, 0.6) is 0 Å². The van der Waals surface area contributed by atoms with E-state index in [0.29, 0.717) is 29.3 Å². The number of thiazole rings is 1. The number of hydrogen-bond acceptors (Lipinski definition) is 5. The monoisotopic (exact) mass is 320 g/mol. The molecule has 2 N–H and O–H groups in total. The molecule has 1 aliphatic rings. The van der Waals surface area contributed by atoms with Crippen LogP contribution in [0.3, 0.4) is 0 Å². The molecule has 0 bridgehead atoms. The number of rotatable bonds is 4. The van der Waals surface area contributed by atoms with Crippen molar-refractivity contribution in [3.05, 3.63) is 29.0 Å². The number of aliphatic carboxylic acids is 1. The van der Waals surface area contributed by atoms with E-state index < -0.39 is 11.9 Å². The van der Waals surface area contributed by atoms with Gasteiger partial charge >= 0.3 is 5.97 Å². The molecule has 116 valence electrons. The van der Waals surface area contributed by atoms with E-state index in [4.69, 9.17) is 4.42 Å². The van der Waals surface area contributed by atoms with Gasteiger partial charge < -0.3 is 14.8 Å². The van der Waals surface area contributed by atoms with Crippen molar-refractivity contribution in [2.75, 3.05) is 0 Å². The molecular weight excluding hydrogens is 304 g/mol. The number of amides is 1. The normalized spacial score (nSPS) is 21.0. The molecular formula is C15H16N2O4S. The lowest BCUT2D eigenvalue weighted by Crippen LogP contribution is -2.40. The number of aromatic nitrogens is 1. The van der Waals surface area contributed by atoms with Gasteiger partial charge in [-0.2, -0.15) is 0 Å². The first kappa shape index (κ1) is 14.8. The molecule has 2 atom stereocenters. The van der Waals surface area contributed by atoms with Crippen LogP contribution >= 0.6 is 11.3 Å². The van der Waals surface area contributed by atoms with Gasteiger partial charge in [0.15, 0.2) is 10.8 Å². The van der Waals surface area contributed by atoms with E-state index in [9.17, 15) is 14.7 Å². The lowest BCUT2D eigenvalue weighted by Gasteiger charge is -2.16. The molecule has 0 unspecified atom stereocenters. The molecule has 22 heavy (non-hydrogen) atoms. The second-order valence-electron chi connectivity index (χ2n) is 5.36. The summed E-state index contributed by atoms with van der Waals surface area (Å²) in [7, 11) is 0. The Kier molecular flexibility index (Phi) is 3.98. The number of carbonyl (C=O) groups is 2. The highest BCUT2D eigenvalue weighted by Crippen LogP contribution is 2.29. The number of hydrogen-bond donors (Lipinski definition) is 2. The highest BCUT2D eigenvalue weighted by molar-refractivity contribution is 7.15. The third-order valence-corrected chi connectivity index (χ3v) is 4.88. The third kappa shape index (κ3) is 2.76. The van der Waals surface area contributed by atoms with Crippen LogP contribution in [0.2, 0.25) is 0 Å². The summed E-state index contributed by atoms with van der Waals surface area (Å²) < 4.78 is 5.29. The van der Waals surface area contributed by atoms with Gasteiger partial charge in [0.1, 0.15) is 5.69 Å². The number of furan rings is 1. The molecule has 1 saturated carbocycles. The van der Waals surface area contributed by atoms with E-state index in [1.807, 2.05) is 6.92 Å². The van der Waals surface area contributed by atoms with Gasteiger partial charge in [0, 0.05) is 10.9 Å². The predicted octanol–water partition coefficient (Wildman–Crippen LogP) is 2.69. The van der Waals surface area contributed by atoms with E-state index in [-0.39, 0.29) is 11.9 Å². The zero-order valence-corrected chi connectivity index (χ0v) is 12.9. The van der Waals surface area contributed by atoms with Gasteiger partial charge in [-0.3, -0.25) is 9.59 Å². The third-order valence-electron chi connectivity index (χ3n) is 3.89. The molecule has 1 fully saturated rings. The molecule has 0 spiro atoms. The van der Waals surface area contributed by atoms with Crippen molar-refractivity contribution >= 4 is 23.2 Å². The molecule has 0 saturated heterocycles. The first-order valence-corrected chi connectivity index (χ1v) is 7.93. The Morgan fingerprint density at radius 3 is 2.95 bits per heavy atom. The fourth-order valence-corrected chi connectivity index (χ4v) is 3.66. The summed E-state index contributed by atoms with van der Waals surface area (Å²) in [5, 5.41) is 12.6. The minimum absolute atomic E-state index is 0.315. The summed E-state index contributed by atoms with van der Waals surface area (Å²) in [6, 6.07) is 3.23. The maximum Gasteiger partial charge on any atom is 0.308 e.